The third-order valence-electron chi connectivity index (χ3n) is 9.84. The molecule has 0 saturated carbocycles. The summed E-state index contributed by atoms with van der Waals surface area (Å²) >= 11 is 2.75. The van der Waals surface area contributed by atoms with E-state index in [0.717, 1.165) is 35.7 Å². The minimum absolute atomic E-state index is 0.00268. The summed E-state index contributed by atoms with van der Waals surface area (Å²) < 4.78 is 0. The van der Waals surface area contributed by atoms with Crippen molar-refractivity contribution in [1.82, 2.24) is 0 Å². The molecular weight excluding hydrogens is 653 g/mol. The van der Waals surface area contributed by atoms with Gasteiger partial charge in [-0.3, -0.25) is 9.59 Å². The van der Waals surface area contributed by atoms with Crippen molar-refractivity contribution in [1.29, 1.82) is 0 Å². The second-order valence-electron chi connectivity index (χ2n) is 14.7. The molecule has 1 rings (SSSR count). The molecular formula is C44H80N2O2S2. The Morgan fingerprint density at radius 3 is 0.780 bits per heavy atom. The van der Waals surface area contributed by atoms with Crippen LogP contribution in [0.2, 0.25) is 0 Å². The largest absolute Gasteiger partial charge is 0.317 e. The van der Waals surface area contributed by atoms with E-state index in [0.29, 0.717) is 0 Å². The van der Waals surface area contributed by atoms with E-state index >= 15 is 0 Å². The van der Waals surface area contributed by atoms with Crippen molar-refractivity contribution in [2.45, 2.75) is 219 Å². The first-order valence-corrected chi connectivity index (χ1v) is 23.6. The zero-order chi connectivity index (χ0) is 36.0. The smallest absolute Gasteiger partial charge is 0.283 e. The molecule has 0 aliphatic carbocycles. The third kappa shape index (κ3) is 32.7. The van der Waals surface area contributed by atoms with Crippen LogP contribution in [0, 0.1) is 0 Å². The molecule has 4 nitrogen and oxygen atoms in total. The summed E-state index contributed by atoms with van der Waals surface area (Å²) in [6.45, 7) is 4.57. The van der Waals surface area contributed by atoms with Crippen molar-refractivity contribution >= 4 is 45.4 Å². The van der Waals surface area contributed by atoms with Crippen LogP contribution in [0.3, 0.4) is 0 Å². The van der Waals surface area contributed by atoms with E-state index in [-0.39, 0.29) is 10.5 Å². The monoisotopic (exact) mass is 733 g/mol. The van der Waals surface area contributed by atoms with E-state index < -0.39 is 0 Å². The van der Waals surface area contributed by atoms with Crippen LogP contribution < -0.4 is 10.6 Å². The summed E-state index contributed by atoms with van der Waals surface area (Å²) in [5.74, 6) is 1.74. The van der Waals surface area contributed by atoms with Gasteiger partial charge >= 0.3 is 0 Å². The molecule has 0 aromatic heterocycles. The lowest BCUT2D eigenvalue weighted by Gasteiger charge is -2.08. The van der Waals surface area contributed by atoms with E-state index in [2.05, 4.69) is 24.5 Å². The summed E-state index contributed by atoms with van der Waals surface area (Å²) in [4.78, 5) is 24.7. The molecule has 0 fully saturated rings. The molecule has 0 heterocycles. The minimum Gasteiger partial charge on any atom is -0.317 e. The van der Waals surface area contributed by atoms with Crippen molar-refractivity contribution in [3.63, 3.8) is 0 Å². The lowest BCUT2D eigenvalue weighted by atomic mass is 10.0. The van der Waals surface area contributed by atoms with Gasteiger partial charge < -0.3 is 10.6 Å². The number of nitrogens with one attached hydrogen (secondary N) is 2. The second-order valence-corrected chi connectivity index (χ2v) is 16.8. The van der Waals surface area contributed by atoms with Gasteiger partial charge in [-0.25, -0.2) is 0 Å². The molecule has 50 heavy (non-hydrogen) atoms. The van der Waals surface area contributed by atoms with Gasteiger partial charge in [-0.2, -0.15) is 0 Å². The number of anilines is 2. The van der Waals surface area contributed by atoms with Crippen LogP contribution in [0.5, 0.6) is 0 Å². The van der Waals surface area contributed by atoms with Crippen molar-refractivity contribution < 1.29 is 9.59 Å². The predicted molar refractivity (Wildman–Crippen MR) is 228 cm³/mol. The Hall–Kier alpha value is -1.14. The molecule has 0 unspecified atom stereocenters. The Morgan fingerprint density at radius 1 is 0.360 bits per heavy atom. The molecule has 2 amide bonds. The number of hydrogen-bond acceptors (Lipinski definition) is 4. The topological polar surface area (TPSA) is 58.2 Å². The van der Waals surface area contributed by atoms with Gasteiger partial charge in [0.2, 0.25) is 0 Å². The van der Waals surface area contributed by atoms with E-state index in [1.165, 1.54) is 216 Å². The first kappa shape index (κ1) is 46.9. The van der Waals surface area contributed by atoms with Gasteiger partial charge in [0.05, 0.1) is 0 Å². The standard InChI is InChI=1S/C44H80N2O2S2/c1-3-5-7-9-11-13-15-17-19-21-23-25-27-29-31-33-39-49-43(47)45-41-35-37-42(38-36-41)46-44(48)50-40-34-32-30-28-26-24-22-20-18-16-14-12-10-8-6-4-2/h35-38H,3-34,39-40H2,1-2H3,(H,45,47)(H,46,48). The number of amides is 2. The Balaban J connectivity index is 1.89. The fraction of sp³-hybridized carbons (Fsp3) is 0.818. The number of carbonyl (C=O) groups excluding carboxylic acids is 2. The average Bonchev–Trinajstić information content (AvgIpc) is 3.11. The highest BCUT2D eigenvalue weighted by molar-refractivity contribution is 8.14. The van der Waals surface area contributed by atoms with Crippen molar-refractivity contribution in [2.24, 2.45) is 0 Å². The molecule has 0 spiro atoms. The number of benzene rings is 1. The molecule has 0 radical (unpaired) electrons. The summed E-state index contributed by atoms with van der Waals surface area (Å²) in [6, 6.07) is 7.46. The lowest BCUT2D eigenvalue weighted by Crippen LogP contribution is -2.07. The van der Waals surface area contributed by atoms with E-state index in [4.69, 9.17) is 0 Å². The Kier molecular flexibility index (Phi) is 35.3. The normalized spacial score (nSPS) is 11.2. The fourth-order valence-corrected chi connectivity index (χ4v) is 8.02. The molecule has 1 aromatic carbocycles. The highest BCUT2D eigenvalue weighted by Gasteiger charge is 2.06. The number of rotatable bonds is 36. The van der Waals surface area contributed by atoms with Crippen LogP contribution in [0.4, 0.5) is 21.0 Å². The molecule has 0 aliphatic rings. The first-order chi connectivity index (χ1) is 24.7. The van der Waals surface area contributed by atoms with Crippen molar-refractivity contribution in [3.8, 4) is 0 Å². The lowest BCUT2D eigenvalue weighted by molar-refractivity contribution is 0.269. The van der Waals surface area contributed by atoms with E-state index in [1.807, 2.05) is 24.3 Å². The summed E-state index contributed by atoms with van der Waals surface area (Å²) in [6.07, 6.45) is 43.6. The first-order valence-electron chi connectivity index (χ1n) is 21.6. The zero-order valence-corrected chi connectivity index (χ0v) is 34.6. The Bertz CT molecular complexity index is 808. The van der Waals surface area contributed by atoms with Gasteiger partial charge in [-0.1, -0.05) is 230 Å². The minimum atomic E-state index is -0.00268. The summed E-state index contributed by atoms with van der Waals surface area (Å²) in [7, 11) is 0. The second kappa shape index (κ2) is 37.6. The van der Waals surface area contributed by atoms with Gasteiger partial charge in [0.1, 0.15) is 0 Å². The molecule has 0 aliphatic heterocycles. The van der Waals surface area contributed by atoms with E-state index in [9.17, 15) is 9.59 Å². The van der Waals surface area contributed by atoms with Crippen LogP contribution in [-0.2, 0) is 0 Å². The van der Waals surface area contributed by atoms with Crippen LogP contribution in [0.25, 0.3) is 0 Å². The van der Waals surface area contributed by atoms with Crippen LogP contribution in [-0.4, -0.2) is 22.0 Å². The van der Waals surface area contributed by atoms with E-state index in [1.54, 1.807) is 0 Å². The average molecular weight is 733 g/mol. The van der Waals surface area contributed by atoms with Gasteiger partial charge in [-0.15, -0.1) is 0 Å². The van der Waals surface area contributed by atoms with Gasteiger partial charge in [-0.05, 0) is 37.1 Å². The summed E-state index contributed by atoms with van der Waals surface area (Å²) in [5.41, 5.74) is 1.54. The highest BCUT2D eigenvalue weighted by atomic mass is 32.2. The SMILES string of the molecule is CCCCCCCCCCCCCCCCCCSC(=O)Nc1ccc(NC(=O)SCCCCCCCCCCCCCCCCCC)cc1. The number of carbonyl (C=O) groups is 2. The Labute approximate surface area is 319 Å². The van der Waals surface area contributed by atoms with Crippen molar-refractivity contribution in [3.05, 3.63) is 24.3 Å². The molecule has 2 N–H and O–H groups in total. The maximum absolute atomic E-state index is 12.3. The fourth-order valence-electron chi connectivity index (χ4n) is 6.57. The van der Waals surface area contributed by atoms with Crippen LogP contribution in [0.15, 0.2) is 24.3 Å². The Morgan fingerprint density at radius 2 is 0.560 bits per heavy atom. The van der Waals surface area contributed by atoms with Crippen LogP contribution in [0.1, 0.15) is 219 Å². The molecule has 290 valence electrons. The van der Waals surface area contributed by atoms with Gasteiger partial charge in [0.25, 0.3) is 10.5 Å². The zero-order valence-electron chi connectivity index (χ0n) is 33.0. The third-order valence-corrected chi connectivity index (χ3v) is 11.6. The van der Waals surface area contributed by atoms with Gasteiger partial charge in [0, 0.05) is 22.9 Å². The quantitative estimate of drug-likeness (QED) is 0.0675. The highest BCUT2D eigenvalue weighted by Crippen LogP contribution is 2.20. The maximum Gasteiger partial charge on any atom is 0.283 e. The number of thioether (sulfide) groups is 2. The maximum atomic E-state index is 12.3. The van der Waals surface area contributed by atoms with Gasteiger partial charge in [0.15, 0.2) is 0 Å². The van der Waals surface area contributed by atoms with Crippen molar-refractivity contribution in [2.75, 3.05) is 22.1 Å². The predicted octanol–water partition coefficient (Wildman–Crippen LogP) is 16.7. The molecule has 6 heteroatoms. The summed E-state index contributed by atoms with van der Waals surface area (Å²) in [5, 5.41) is 5.93. The number of hydrogen-bond donors (Lipinski definition) is 2. The van der Waals surface area contributed by atoms with Crippen LogP contribution >= 0.6 is 23.5 Å². The molecule has 1 aromatic rings. The molecule has 0 saturated heterocycles. The number of unbranched alkanes of at least 4 members (excludes halogenated alkanes) is 30. The molecule has 0 atom stereocenters. The molecule has 0 bridgehead atoms.